The van der Waals surface area contributed by atoms with Crippen molar-refractivity contribution in [3.8, 4) is 0 Å². The first kappa shape index (κ1) is 18.0. The maximum absolute atomic E-state index is 12.2. The zero-order valence-corrected chi connectivity index (χ0v) is 17.3. The fourth-order valence-corrected chi connectivity index (χ4v) is 8.29. The molecule has 0 aliphatic heterocycles. The van der Waals surface area contributed by atoms with Crippen molar-refractivity contribution in [3.05, 3.63) is 0 Å². The predicted octanol–water partition coefficient (Wildman–Crippen LogP) is 4.90. The van der Waals surface area contributed by atoms with Gasteiger partial charge in [-0.15, -0.1) is 0 Å². The number of halogens is 1. The van der Waals surface area contributed by atoms with Gasteiger partial charge in [0.15, 0.2) is 0 Å². The third kappa shape index (κ3) is 2.64. The van der Waals surface area contributed by atoms with E-state index in [2.05, 4.69) is 29.8 Å². The van der Waals surface area contributed by atoms with Gasteiger partial charge in [0.2, 0.25) is 0 Å². The quantitative estimate of drug-likeness (QED) is 0.455. The van der Waals surface area contributed by atoms with Crippen LogP contribution in [-0.4, -0.2) is 22.7 Å². The molecule has 4 fully saturated rings. The minimum absolute atomic E-state index is 0.0539. The molecular formula is C21H31BrO3. The standard InChI is InChI=1S/C21H31BrO3/c1-12(23)25-19-7-6-15-14-5-4-13-10-18(24)17(22)11-21(13,3)16(14)8-9-20(15,19)2/h13-17,19H,4-11H2,1-3H3/t13-,14-,15+,16+,17+,19+,20-,21-/m0/s1. The molecule has 0 radical (unpaired) electrons. The van der Waals surface area contributed by atoms with Crippen LogP contribution < -0.4 is 0 Å². The average molecular weight is 411 g/mol. The smallest absolute Gasteiger partial charge is 0.302 e. The van der Waals surface area contributed by atoms with E-state index in [1.54, 1.807) is 6.92 Å². The average Bonchev–Trinajstić information content (AvgIpc) is 2.85. The molecule has 0 aromatic rings. The summed E-state index contributed by atoms with van der Waals surface area (Å²) < 4.78 is 5.74. The lowest BCUT2D eigenvalue weighted by Crippen LogP contribution is -2.55. The third-order valence-electron chi connectivity index (χ3n) is 8.70. The van der Waals surface area contributed by atoms with Crippen LogP contribution in [0.3, 0.4) is 0 Å². The summed E-state index contributed by atoms with van der Waals surface area (Å²) in [5.41, 5.74) is 0.458. The van der Waals surface area contributed by atoms with Crippen molar-refractivity contribution < 1.29 is 14.3 Å². The van der Waals surface area contributed by atoms with Gasteiger partial charge in [-0.25, -0.2) is 0 Å². The van der Waals surface area contributed by atoms with Gasteiger partial charge in [0, 0.05) is 18.8 Å². The minimum atomic E-state index is -0.127. The predicted molar refractivity (Wildman–Crippen MR) is 100 cm³/mol. The number of ether oxygens (including phenoxy) is 1. The Hall–Kier alpha value is -0.380. The van der Waals surface area contributed by atoms with E-state index in [4.69, 9.17) is 4.74 Å². The van der Waals surface area contributed by atoms with Crippen LogP contribution in [-0.2, 0) is 14.3 Å². The third-order valence-corrected chi connectivity index (χ3v) is 9.54. The molecule has 0 bridgehead atoms. The molecule has 0 amide bonds. The van der Waals surface area contributed by atoms with Gasteiger partial charge in [0.25, 0.3) is 0 Å². The number of carbonyl (C=O) groups excluding carboxylic acids is 2. The molecule has 25 heavy (non-hydrogen) atoms. The first-order chi connectivity index (χ1) is 11.8. The number of hydrogen-bond acceptors (Lipinski definition) is 3. The highest BCUT2D eigenvalue weighted by atomic mass is 79.9. The van der Waals surface area contributed by atoms with Crippen LogP contribution in [0.25, 0.3) is 0 Å². The zero-order chi connectivity index (χ0) is 18.0. The summed E-state index contributed by atoms with van der Waals surface area (Å²) in [6.07, 6.45) is 8.99. The molecule has 140 valence electrons. The van der Waals surface area contributed by atoms with Gasteiger partial charge < -0.3 is 4.74 Å². The molecule has 0 aromatic heterocycles. The zero-order valence-electron chi connectivity index (χ0n) is 15.7. The second kappa shape index (κ2) is 6.07. The summed E-state index contributed by atoms with van der Waals surface area (Å²) in [6, 6.07) is 0. The molecule has 0 spiro atoms. The lowest BCUT2D eigenvalue weighted by molar-refractivity contribution is -0.161. The van der Waals surface area contributed by atoms with Crippen LogP contribution in [0.15, 0.2) is 0 Å². The highest BCUT2D eigenvalue weighted by Crippen LogP contribution is 2.66. The van der Waals surface area contributed by atoms with E-state index in [0.29, 0.717) is 23.0 Å². The summed E-state index contributed by atoms with van der Waals surface area (Å²) in [6.45, 7) is 6.39. The Morgan fingerprint density at radius 2 is 1.80 bits per heavy atom. The Kier molecular flexibility index (Phi) is 4.37. The Bertz CT molecular complexity index is 590. The molecule has 0 saturated heterocycles. The number of fused-ring (bicyclic) bond motifs is 5. The lowest BCUT2D eigenvalue weighted by Gasteiger charge is -2.60. The number of esters is 1. The fourth-order valence-electron chi connectivity index (χ4n) is 7.40. The minimum Gasteiger partial charge on any atom is -0.462 e. The lowest BCUT2D eigenvalue weighted by atomic mass is 9.45. The summed E-state index contributed by atoms with van der Waals surface area (Å²) in [5, 5.41) is 0. The maximum Gasteiger partial charge on any atom is 0.302 e. The molecule has 0 heterocycles. The largest absolute Gasteiger partial charge is 0.462 e. The Morgan fingerprint density at radius 3 is 2.52 bits per heavy atom. The van der Waals surface area contributed by atoms with Gasteiger partial charge in [-0.3, -0.25) is 9.59 Å². The van der Waals surface area contributed by atoms with Crippen molar-refractivity contribution in [2.75, 3.05) is 0 Å². The molecule has 4 aliphatic carbocycles. The Labute approximate surface area is 159 Å². The van der Waals surface area contributed by atoms with E-state index in [0.717, 1.165) is 31.1 Å². The van der Waals surface area contributed by atoms with Gasteiger partial charge in [-0.2, -0.15) is 0 Å². The van der Waals surface area contributed by atoms with Crippen LogP contribution in [0, 0.1) is 34.5 Å². The van der Waals surface area contributed by atoms with Crippen molar-refractivity contribution in [2.24, 2.45) is 34.5 Å². The van der Waals surface area contributed by atoms with E-state index < -0.39 is 0 Å². The first-order valence-corrected chi connectivity index (χ1v) is 11.0. The van der Waals surface area contributed by atoms with Gasteiger partial charge in [-0.05, 0) is 74.0 Å². The van der Waals surface area contributed by atoms with E-state index >= 15 is 0 Å². The number of hydrogen-bond donors (Lipinski definition) is 0. The van der Waals surface area contributed by atoms with E-state index in [1.807, 2.05) is 0 Å². The SMILES string of the molecule is CC(=O)O[C@@H]1CC[C@@H]2[C@@H]3CC[C@H]4CC(=O)[C@H](Br)C[C@]4(C)[C@@H]3CC[C@@]21C. The van der Waals surface area contributed by atoms with Crippen LogP contribution in [0.2, 0.25) is 0 Å². The highest BCUT2D eigenvalue weighted by molar-refractivity contribution is 9.10. The van der Waals surface area contributed by atoms with E-state index in [1.165, 1.54) is 32.1 Å². The molecule has 0 unspecified atom stereocenters. The van der Waals surface area contributed by atoms with E-state index in [9.17, 15) is 9.59 Å². The van der Waals surface area contributed by atoms with Crippen molar-refractivity contribution >= 4 is 27.7 Å². The normalized spacial score (nSPS) is 52.1. The number of rotatable bonds is 1. The summed E-state index contributed by atoms with van der Waals surface area (Å²) in [5.74, 6) is 3.02. The maximum atomic E-state index is 12.2. The Morgan fingerprint density at radius 1 is 1.08 bits per heavy atom. The van der Waals surface area contributed by atoms with Crippen molar-refractivity contribution in [1.29, 1.82) is 0 Å². The van der Waals surface area contributed by atoms with Gasteiger partial charge in [-0.1, -0.05) is 29.8 Å². The second-order valence-corrected chi connectivity index (χ2v) is 10.8. The first-order valence-electron chi connectivity index (χ1n) is 10.1. The molecule has 3 nitrogen and oxygen atoms in total. The highest BCUT2D eigenvalue weighted by Gasteiger charge is 2.61. The summed E-state index contributed by atoms with van der Waals surface area (Å²) >= 11 is 3.66. The van der Waals surface area contributed by atoms with Gasteiger partial charge >= 0.3 is 5.97 Å². The molecule has 0 N–H and O–H groups in total. The van der Waals surface area contributed by atoms with Crippen molar-refractivity contribution in [1.82, 2.24) is 0 Å². The van der Waals surface area contributed by atoms with Crippen LogP contribution >= 0.6 is 15.9 Å². The number of ketones is 1. The molecule has 4 heteroatoms. The van der Waals surface area contributed by atoms with Crippen LogP contribution in [0.5, 0.6) is 0 Å². The Balaban J connectivity index is 1.59. The van der Waals surface area contributed by atoms with Gasteiger partial charge in [0.1, 0.15) is 11.9 Å². The van der Waals surface area contributed by atoms with Crippen molar-refractivity contribution in [2.45, 2.75) is 83.1 Å². The molecule has 4 saturated carbocycles. The molecule has 8 atom stereocenters. The summed E-state index contributed by atoms with van der Waals surface area (Å²) in [4.78, 5) is 23.8. The number of carbonyl (C=O) groups is 2. The number of alkyl halides is 1. The molecule has 4 rings (SSSR count). The van der Waals surface area contributed by atoms with Crippen molar-refractivity contribution in [3.63, 3.8) is 0 Å². The number of Topliss-reactive ketones (excluding diaryl/α,β-unsaturated/α-hetero) is 1. The second-order valence-electron chi connectivity index (χ2n) is 9.72. The van der Waals surface area contributed by atoms with Crippen LogP contribution in [0.4, 0.5) is 0 Å². The topological polar surface area (TPSA) is 43.4 Å². The summed E-state index contributed by atoms with van der Waals surface area (Å²) in [7, 11) is 0. The molecular weight excluding hydrogens is 380 g/mol. The molecule has 0 aromatic carbocycles. The van der Waals surface area contributed by atoms with Crippen LogP contribution in [0.1, 0.15) is 72.1 Å². The monoisotopic (exact) mass is 410 g/mol. The van der Waals surface area contributed by atoms with Gasteiger partial charge in [0.05, 0.1) is 4.83 Å². The molecule has 4 aliphatic rings. The fraction of sp³-hybridized carbons (Fsp3) is 0.905. The van der Waals surface area contributed by atoms with E-state index in [-0.39, 0.29) is 22.3 Å².